The molecule has 1 fully saturated rings. The van der Waals surface area contributed by atoms with Crippen LogP contribution in [-0.4, -0.2) is 35.1 Å². The number of nitrogens with zero attached hydrogens (tertiary/aromatic N) is 2. The zero-order chi connectivity index (χ0) is 16.9. The number of ether oxygens (including phenoxy) is 2. The standard InChI is InChI=1S/C16H18BrN3O4/c1-22-14-8-18-9-15(20-14)23-11-4-2-10(3-5-11)19-16(21)12-6-7-13(17)24-12/h6-11H,2-5H2,1H3,(H,19,21). The van der Waals surface area contributed by atoms with E-state index in [1.165, 1.54) is 6.20 Å². The maximum Gasteiger partial charge on any atom is 0.287 e. The van der Waals surface area contributed by atoms with E-state index in [1.54, 1.807) is 25.4 Å². The molecule has 24 heavy (non-hydrogen) atoms. The number of carbonyl (C=O) groups is 1. The molecule has 128 valence electrons. The molecule has 0 aliphatic heterocycles. The first kappa shape index (κ1) is 16.8. The molecular weight excluding hydrogens is 378 g/mol. The number of aromatic nitrogens is 2. The second kappa shape index (κ2) is 7.65. The summed E-state index contributed by atoms with van der Waals surface area (Å²) >= 11 is 3.19. The highest BCUT2D eigenvalue weighted by Crippen LogP contribution is 2.24. The Labute approximate surface area is 147 Å². The van der Waals surface area contributed by atoms with Gasteiger partial charge in [0.05, 0.1) is 19.5 Å². The number of methoxy groups -OCH3 is 1. The van der Waals surface area contributed by atoms with Crippen LogP contribution < -0.4 is 14.8 Å². The van der Waals surface area contributed by atoms with Gasteiger partial charge in [0.15, 0.2) is 10.4 Å². The van der Waals surface area contributed by atoms with Crippen LogP contribution in [0.3, 0.4) is 0 Å². The van der Waals surface area contributed by atoms with Crippen molar-refractivity contribution < 1.29 is 18.7 Å². The summed E-state index contributed by atoms with van der Waals surface area (Å²) in [5, 5.41) is 2.99. The summed E-state index contributed by atoms with van der Waals surface area (Å²) in [5.41, 5.74) is 0. The van der Waals surface area contributed by atoms with Crippen LogP contribution in [0.25, 0.3) is 0 Å². The normalized spacial score (nSPS) is 20.4. The first-order chi connectivity index (χ1) is 11.6. The molecule has 0 bridgehead atoms. The average molecular weight is 396 g/mol. The number of hydrogen-bond donors (Lipinski definition) is 1. The first-order valence-corrected chi connectivity index (χ1v) is 8.52. The topological polar surface area (TPSA) is 86.5 Å². The van der Waals surface area contributed by atoms with Crippen molar-refractivity contribution in [1.29, 1.82) is 0 Å². The molecule has 2 aromatic rings. The molecule has 0 unspecified atom stereocenters. The van der Waals surface area contributed by atoms with E-state index >= 15 is 0 Å². The Balaban J connectivity index is 1.47. The molecule has 0 atom stereocenters. The maximum absolute atomic E-state index is 12.1. The third-order valence-corrected chi connectivity index (χ3v) is 4.32. The van der Waals surface area contributed by atoms with Gasteiger partial charge in [0.1, 0.15) is 6.10 Å². The highest BCUT2D eigenvalue weighted by molar-refractivity contribution is 9.10. The molecule has 0 radical (unpaired) electrons. The number of halogens is 1. The first-order valence-electron chi connectivity index (χ1n) is 7.73. The fourth-order valence-electron chi connectivity index (χ4n) is 2.67. The van der Waals surface area contributed by atoms with Gasteiger partial charge < -0.3 is 19.2 Å². The van der Waals surface area contributed by atoms with Gasteiger partial charge in [-0.05, 0) is 53.7 Å². The lowest BCUT2D eigenvalue weighted by molar-refractivity contribution is 0.0861. The molecule has 2 heterocycles. The van der Waals surface area contributed by atoms with Gasteiger partial charge in [-0.3, -0.25) is 9.78 Å². The Bertz CT molecular complexity index is 698. The number of furan rings is 1. The number of rotatable bonds is 5. The Morgan fingerprint density at radius 3 is 2.67 bits per heavy atom. The van der Waals surface area contributed by atoms with Crippen LogP contribution >= 0.6 is 15.9 Å². The molecule has 1 N–H and O–H groups in total. The molecule has 2 aromatic heterocycles. The van der Waals surface area contributed by atoms with Gasteiger partial charge in [0.25, 0.3) is 5.91 Å². The molecular formula is C16H18BrN3O4. The van der Waals surface area contributed by atoms with Crippen LogP contribution in [0.1, 0.15) is 36.2 Å². The lowest BCUT2D eigenvalue weighted by Crippen LogP contribution is -2.39. The summed E-state index contributed by atoms with van der Waals surface area (Å²) in [4.78, 5) is 20.3. The van der Waals surface area contributed by atoms with Crippen LogP contribution in [0.4, 0.5) is 0 Å². The SMILES string of the molecule is COc1cncc(OC2CCC(NC(=O)c3ccc(Br)o3)CC2)n1. The lowest BCUT2D eigenvalue weighted by Gasteiger charge is -2.28. The van der Waals surface area contributed by atoms with Crippen molar-refractivity contribution in [3.63, 3.8) is 0 Å². The predicted octanol–water partition coefficient (Wildman–Crippen LogP) is 2.96. The van der Waals surface area contributed by atoms with Crippen molar-refractivity contribution in [3.05, 3.63) is 35.0 Å². The molecule has 0 aromatic carbocycles. The van der Waals surface area contributed by atoms with Gasteiger partial charge in [0.2, 0.25) is 11.8 Å². The van der Waals surface area contributed by atoms with Crippen molar-refractivity contribution in [3.8, 4) is 11.8 Å². The molecule has 0 saturated heterocycles. The fourth-order valence-corrected chi connectivity index (χ4v) is 2.98. The Morgan fingerprint density at radius 2 is 2.00 bits per heavy atom. The average Bonchev–Trinajstić information content (AvgIpc) is 3.03. The van der Waals surface area contributed by atoms with Gasteiger partial charge in [-0.25, -0.2) is 0 Å². The number of carbonyl (C=O) groups excluding carboxylic acids is 1. The van der Waals surface area contributed by atoms with E-state index in [1.807, 2.05) is 0 Å². The molecule has 1 aliphatic carbocycles. The molecule has 0 spiro atoms. The van der Waals surface area contributed by atoms with E-state index in [4.69, 9.17) is 13.9 Å². The van der Waals surface area contributed by atoms with Gasteiger partial charge >= 0.3 is 0 Å². The molecule has 1 amide bonds. The summed E-state index contributed by atoms with van der Waals surface area (Å²) in [5.74, 6) is 1.01. The summed E-state index contributed by atoms with van der Waals surface area (Å²) < 4.78 is 16.7. The summed E-state index contributed by atoms with van der Waals surface area (Å²) in [6, 6.07) is 3.47. The zero-order valence-electron chi connectivity index (χ0n) is 13.2. The molecule has 1 saturated carbocycles. The van der Waals surface area contributed by atoms with E-state index in [0.717, 1.165) is 25.7 Å². The fraction of sp³-hybridized carbons (Fsp3) is 0.438. The highest BCUT2D eigenvalue weighted by atomic mass is 79.9. The van der Waals surface area contributed by atoms with Crippen LogP contribution in [-0.2, 0) is 0 Å². The largest absolute Gasteiger partial charge is 0.480 e. The minimum Gasteiger partial charge on any atom is -0.480 e. The lowest BCUT2D eigenvalue weighted by atomic mass is 9.93. The minimum atomic E-state index is -0.191. The monoisotopic (exact) mass is 395 g/mol. The third kappa shape index (κ3) is 4.25. The van der Waals surface area contributed by atoms with E-state index < -0.39 is 0 Å². The van der Waals surface area contributed by atoms with Crippen LogP contribution in [0.5, 0.6) is 11.8 Å². The van der Waals surface area contributed by atoms with Crippen LogP contribution in [0.15, 0.2) is 33.6 Å². The molecule has 8 heteroatoms. The number of nitrogens with one attached hydrogen (secondary N) is 1. The molecule has 3 rings (SSSR count). The second-order valence-corrected chi connectivity index (χ2v) is 6.35. The van der Waals surface area contributed by atoms with E-state index in [2.05, 4.69) is 31.2 Å². The third-order valence-electron chi connectivity index (χ3n) is 3.89. The smallest absolute Gasteiger partial charge is 0.287 e. The predicted molar refractivity (Wildman–Crippen MR) is 89.1 cm³/mol. The number of amides is 1. The molecule has 1 aliphatic rings. The van der Waals surface area contributed by atoms with E-state index in [9.17, 15) is 4.79 Å². The maximum atomic E-state index is 12.1. The summed E-state index contributed by atoms with van der Waals surface area (Å²) in [6.07, 6.45) is 6.54. The Hall–Kier alpha value is -2.09. The van der Waals surface area contributed by atoms with Crippen molar-refractivity contribution in [2.45, 2.75) is 37.8 Å². The summed E-state index contributed by atoms with van der Waals surface area (Å²) in [7, 11) is 1.54. The second-order valence-electron chi connectivity index (χ2n) is 5.57. The van der Waals surface area contributed by atoms with E-state index in [-0.39, 0.29) is 18.1 Å². The Kier molecular flexibility index (Phi) is 5.34. The van der Waals surface area contributed by atoms with E-state index in [0.29, 0.717) is 22.2 Å². The highest BCUT2D eigenvalue weighted by Gasteiger charge is 2.25. The Morgan fingerprint density at radius 1 is 1.25 bits per heavy atom. The quantitative estimate of drug-likeness (QED) is 0.837. The van der Waals surface area contributed by atoms with Gasteiger partial charge in [-0.2, -0.15) is 4.98 Å². The molecule has 7 nitrogen and oxygen atoms in total. The van der Waals surface area contributed by atoms with Crippen LogP contribution in [0.2, 0.25) is 0 Å². The van der Waals surface area contributed by atoms with Crippen molar-refractivity contribution in [1.82, 2.24) is 15.3 Å². The van der Waals surface area contributed by atoms with Gasteiger partial charge in [-0.15, -0.1) is 0 Å². The summed E-state index contributed by atoms with van der Waals surface area (Å²) in [6.45, 7) is 0. The minimum absolute atomic E-state index is 0.0670. The van der Waals surface area contributed by atoms with Gasteiger partial charge in [0, 0.05) is 6.04 Å². The van der Waals surface area contributed by atoms with Crippen molar-refractivity contribution >= 4 is 21.8 Å². The van der Waals surface area contributed by atoms with Gasteiger partial charge in [-0.1, -0.05) is 0 Å². The number of hydrogen-bond acceptors (Lipinski definition) is 6. The zero-order valence-corrected chi connectivity index (χ0v) is 14.8. The van der Waals surface area contributed by atoms with Crippen molar-refractivity contribution in [2.24, 2.45) is 0 Å². The van der Waals surface area contributed by atoms with Crippen molar-refractivity contribution in [2.75, 3.05) is 7.11 Å². The van der Waals surface area contributed by atoms with Crippen LogP contribution in [0, 0.1) is 0 Å².